The largest absolute Gasteiger partial charge is 0.340 e. The summed E-state index contributed by atoms with van der Waals surface area (Å²) in [7, 11) is 0. The first kappa shape index (κ1) is 16.7. The molecule has 1 N–H and O–H groups in total. The van der Waals surface area contributed by atoms with Gasteiger partial charge < -0.3 is 10.2 Å². The van der Waals surface area contributed by atoms with E-state index >= 15 is 0 Å². The van der Waals surface area contributed by atoms with Gasteiger partial charge in [0, 0.05) is 6.54 Å². The lowest BCUT2D eigenvalue weighted by Crippen LogP contribution is -2.71. The molecule has 2 amide bonds. The molecule has 120 valence electrons. The highest BCUT2D eigenvalue weighted by Crippen LogP contribution is 2.34. The minimum absolute atomic E-state index is 0.0515. The second kappa shape index (κ2) is 7.03. The molecule has 1 saturated carbocycles. The molecule has 0 aromatic heterocycles. The van der Waals surface area contributed by atoms with Crippen LogP contribution in [0.4, 0.5) is 0 Å². The van der Waals surface area contributed by atoms with Crippen molar-refractivity contribution in [3.8, 4) is 0 Å². The summed E-state index contributed by atoms with van der Waals surface area (Å²) in [5, 5.41) is 3.10. The second-order valence-electron chi connectivity index (χ2n) is 6.67. The summed E-state index contributed by atoms with van der Waals surface area (Å²) in [5.41, 5.74) is -0.597. The van der Waals surface area contributed by atoms with Crippen LogP contribution in [0.2, 0.25) is 0 Å². The van der Waals surface area contributed by atoms with Gasteiger partial charge in [0.25, 0.3) is 0 Å². The molecule has 1 atom stereocenters. The fourth-order valence-corrected chi connectivity index (χ4v) is 4.10. The van der Waals surface area contributed by atoms with E-state index in [1.807, 2.05) is 18.7 Å². The molecule has 1 unspecified atom stereocenters. The van der Waals surface area contributed by atoms with Crippen molar-refractivity contribution in [3.05, 3.63) is 0 Å². The third-order valence-corrected chi connectivity index (χ3v) is 5.42. The molecule has 5 heteroatoms. The first-order valence-corrected chi connectivity index (χ1v) is 9.53. The van der Waals surface area contributed by atoms with Crippen molar-refractivity contribution in [1.29, 1.82) is 0 Å². The molecule has 4 nitrogen and oxygen atoms in total. The summed E-state index contributed by atoms with van der Waals surface area (Å²) in [4.78, 5) is 27.5. The number of carbonyl (C=O) groups excluding carboxylic acids is 2. The molecule has 1 spiro atoms. The third-order valence-electron chi connectivity index (χ3n) is 4.72. The topological polar surface area (TPSA) is 49.4 Å². The summed E-state index contributed by atoms with van der Waals surface area (Å²) in [6, 6.07) is -0.299. The SMILES string of the molecule is CSCCCN1C(=O)C2(CCCCC2)NC(=O)C1C(C)C. The number of hydrogen-bond donors (Lipinski definition) is 1. The predicted octanol–water partition coefficient (Wildman–Crippen LogP) is 2.43. The highest BCUT2D eigenvalue weighted by Gasteiger charge is 2.51. The molecule has 1 aliphatic heterocycles. The van der Waals surface area contributed by atoms with Gasteiger partial charge in [0.1, 0.15) is 11.6 Å². The Hall–Kier alpha value is -0.710. The molecule has 1 aliphatic carbocycles. The van der Waals surface area contributed by atoms with Crippen LogP contribution < -0.4 is 5.32 Å². The first-order chi connectivity index (χ1) is 10.0. The fourth-order valence-electron chi connectivity index (χ4n) is 3.68. The third kappa shape index (κ3) is 3.38. The van der Waals surface area contributed by atoms with E-state index < -0.39 is 5.54 Å². The van der Waals surface area contributed by atoms with Gasteiger partial charge in [0.15, 0.2) is 0 Å². The average Bonchev–Trinajstić information content (AvgIpc) is 2.45. The minimum atomic E-state index is -0.597. The van der Waals surface area contributed by atoms with Gasteiger partial charge in [0.05, 0.1) is 0 Å². The zero-order chi connectivity index (χ0) is 15.5. The molecule has 0 bridgehead atoms. The molecule has 0 aromatic carbocycles. The maximum absolute atomic E-state index is 13.1. The second-order valence-corrected chi connectivity index (χ2v) is 7.65. The van der Waals surface area contributed by atoms with Gasteiger partial charge in [0.2, 0.25) is 11.8 Å². The number of thioether (sulfide) groups is 1. The highest BCUT2D eigenvalue weighted by molar-refractivity contribution is 7.98. The van der Waals surface area contributed by atoms with Crippen molar-refractivity contribution >= 4 is 23.6 Å². The Kier molecular flexibility index (Phi) is 5.58. The predicted molar refractivity (Wildman–Crippen MR) is 87.3 cm³/mol. The number of nitrogens with one attached hydrogen (secondary N) is 1. The Labute approximate surface area is 132 Å². The Morgan fingerprint density at radius 2 is 1.95 bits per heavy atom. The zero-order valence-corrected chi connectivity index (χ0v) is 14.3. The molecule has 0 aromatic rings. The maximum Gasteiger partial charge on any atom is 0.249 e. The van der Waals surface area contributed by atoms with Gasteiger partial charge >= 0.3 is 0 Å². The molecule has 0 radical (unpaired) electrons. The van der Waals surface area contributed by atoms with E-state index in [-0.39, 0.29) is 23.8 Å². The van der Waals surface area contributed by atoms with Crippen LogP contribution in [0.25, 0.3) is 0 Å². The van der Waals surface area contributed by atoms with Crippen LogP contribution >= 0.6 is 11.8 Å². The van der Waals surface area contributed by atoms with Crippen LogP contribution in [0.15, 0.2) is 0 Å². The highest BCUT2D eigenvalue weighted by atomic mass is 32.2. The number of amides is 2. The quantitative estimate of drug-likeness (QED) is 0.793. The van der Waals surface area contributed by atoms with E-state index in [9.17, 15) is 9.59 Å². The molecule has 2 fully saturated rings. The molecule has 1 heterocycles. The maximum atomic E-state index is 13.1. The van der Waals surface area contributed by atoms with Gasteiger partial charge in [-0.05, 0) is 37.2 Å². The summed E-state index contributed by atoms with van der Waals surface area (Å²) < 4.78 is 0. The van der Waals surface area contributed by atoms with Crippen molar-refractivity contribution in [2.45, 2.75) is 64.0 Å². The van der Waals surface area contributed by atoms with Gasteiger partial charge in [-0.15, -0.1) is 0 Å². The Morgan fingerprint density at radius 1 is 1.29 bits per heavy atom. The first-order valence-electron chi connectivity index (χ1n) is 8.14. The number of piperazine rings is 1. The van der Waals surface area contributed by atoms with Crippen LogP contribution in [-0.2, 0) is 9.59 Å². The Balaban J connectivity index is 2.20. The van der Waals surface area contributed by atoms with Crippen LogP contribution in [-0.4, -0.2) is 46.8 Å². The van der Waals surface area contributed by atoms with E-state index in [4.69, 9.17) is 0 Å². The van der Waals surface area contributed by atoms with E-state index in [2.05, 4.69) is 11.6 Å². The molecule has 1 saturated heterocycles. The van der Waals surface area contributed by atoms with Crippen molar-refractivity contribution in [2.24, 2.45) is 5.92 Å². The average molecular weight is 312 g/mol. The lowest BCUT2D eigenvalue weighted by Gasteiger charge is -2.48. The standard InChI is InChI=1S/C16H28N2O2S/c1-12(2)13-14(19)17-16(8-5-4-6-9-16)15(20)18(13)10-7-11-21-3/h12-13H,4-11H2,1-3H3,(H,17,19). The van der Waals surface area contributed by atoms with Crippen molar-refractivity contribution in [2.75, 3.05) is 18.6 Å². The monoisotopic (exact) mass is 312 g/mol. The summed E-state index contributed by atoms with van der Waals surface area (Å²) in [5.74, 6) is 1.41. The summed E-state index contributed by atoms with van der Waals surface area (Å²) >= 11 is 1.79. The van der Waals surface area contributed by atoms with Crippen LogP contribution in [0.1, 0.15) is 52.4 Å². The van der Waals surface area contributed by atoms with Crippen LogP contribution in [0.5, 0.6) is 0 Å². The summed E-state index contributed by atoms with van der Waals surface area (Å²) in [6.07, 6.45) is 7.90. The lowest BCUT2D eigenvalue weighted by atomic mass is 9.77. The van der Waals surface area contributed by atoms with Gasteiger partial charge in [-0.3, -0.25) is 9.59 Å². The number of carbonyl (C=O) groups is 2. The molecular weight excluding hydrogens is 284 g/mol. The van der Waals surface area contributed by atoms with Crippen LogP contribution in [0.3, 0.4) is 0 Å². The van der Waals surface area contributed by atoms with Crippen molar-refractivity contribution in [3.63, 3.8) is 0 Å². The number of rotatable bonds is 5. The van der Waals surface area contributed by atoms with Crippen molar-refractivity contribution < 1.29 is 9.59 Å². The smallest absolute Gasteiger partial charge is 0.249 e. The number of hydrogen-bond acceptors (Lipinski definition) is 3. The normalized spacial score (nSPS) is 25.5. The van der Waals surface area contributed by atoms with Gasteiger partial charge in [-0.1, -0.05) is 33.1 Å². The summed E-state index contributed by atoms with van der Waals surface area (Å²) in [6.45, 7) is 4.76. The van der Waals surface area contributed by atoms with Gasteiger partial charge in [-0.25, -0.2) is 0 Å². The molecule has 21 heavy (non-hydrogen) atoms. The molecular formula is C16H28N2O2S. The van der Waals surface area contributed by atoms with E-state index in [0.717, 1.165) is 37.9 Å². The number of nitrogens with zero attached hydrogens (tertiary/aromatic N) is 1. The Morgan fingerprint density at radius 3 is 2.52 bits per heavy atom. The lowest BCUT2D eigenvalue weighted by molar-refractivity contribution is -0.158. The molecule has 2 rings (SSSR count). The van der Waals surface area contributed by atoms with Gasteiger partial charge in [-0.2, -0.15) is 11.8 Å². The fraction of sp³-hybridized carbons (Fsp3) is 0.875. The minimum Gasteiger partial charge on any atom is -0.340 e. The zero-order valence-electron chi connectivity index (χ0n) is 13.5. The van der Waals surface area contributed by atoms with Crippen LogP contribution in [0, 0.1) is 5.92 Å². The van der Waals surface area contributed by atoms with Crippen molar-refractivity contribution in [1.82, 2.24) is 10.2 Å². The van der Waals surface area contributed by atoms with E-state index in [1.54, 1.807) is 11.8 Å². The van der Waals surface area contributed by atoms with E-state index in [1.165, 1.54) is 6.42 Å². The Bertz CT molecular complexity index is 392. The van der Waals surface area contributed by atoms with E-state index in [0.29, 0.717) is 6.54 Å². The molecule has 2 aliphatic rings.